The number of carbonyl (C=O) groups is 2. The predicted octanol–water partition coefficient (Wildman–Crippen LogP) is 2.69. The van der Waals surface area contributed by atoms with E-state index in [1.807, 2.05) is 36.4 Å². The standard InChI is InChI=1S/C25H28N4O5S/c1-18-24(19(2)34-27-18)35(32,33)29-15-13-28(14-16-29)23(30)17-22(20-9-5-3-6-10-20)26-25(31)21-11-7-4-8-12-21/h3-12,22H,13-17H2,1-2H3,(H,26,31). The Labute approximate surface area is 204 Å². The van der Waals surface area contributed by atoms with Crippen LogP contribution in [0.3, 0.4) is 0 Å². The minimum absolute atomic E-state index is 0.0687. The Hall–Kier alpha value is -3.50. The molecule has 9 nitrogen and oxygen atoms in total. The third-order valence-corrected chi connectivity index (χ3v) is 8.22. The van der Waals surface area contributed by atoms with Crippen LogP contribution in [0, 0.1) is 13.8 Å². The van der Waals surface area contributed by atoms with Gasteiger partial charge >= 0.3 is 0 Å². The van der Waals surface area contributed by atoms with E-state index < -0.39 is 16.1 Å². The Morgan fingerprint density at radius 2 is 1.57 bits per heavy atom. The van der Waals surface area contributed by atoms with Crippen molar-refractivity contribution >= 4 is 21.8 Å². The zero-order valence-corrected chi connectivity index (χ0v) is 20.5. The molecule has 1 N–H and O–H groups in total. The molecule has 1 atom stereocenters. The Bertz CT molecular complexity index is 1260. The summed E-state index contributed by atoms with van der Waals surface area (Å²) in [7, 11) is -3.76. The average molecular weight is 497 g/mol. The number of nitrogens with one attached hydrogen (secondary N) is 1. The molecule has 35 heavy (non-hydrogen) atoms. The maximum absolute atomic E-state index is 13.2. The first-order valence-corrected chi connectivity index (χ1v) is 12.8. The van der Waals surface area contributed by atoms with Crippen LogP contribution < -0.4 is 5.32 Å². The van der Waals surface area contributed by atoms with Crippen LogP contribution in [0.1, 0.15) is 39.8 Å². The van der Waals surface area contributed by atoms with Gasteiger partial charge in [0.05, 0.1) is 12.5 Å². The van der Waals surface area contributed by atoms with Gasteiger partial charge in [-0.1, -0.05) is 53.7 Å². The Morgan fingerprint density at radius 1 is 0.971 bits per heavy atom. The van der Waals surface area contributed by atoms with Crippen LogP contribution in [0.5, 0.6) is 0 Å². The third-order valence-electron chi connectivity index (χ3n) is 6.08. The van der Waals surface area contributed by atoms with E-state index >= 15 is 0 Å². The van der Waals surface area contributed by atoms with E-state index in [1.54, 1.807) is 43.0 Å². The number of nitrogens with zero attached hydrogens (tertiary/aromatic N) is 3. The second-order valence-corrected chi connectivity index (χ2v) is 10.3. The largest absolute Gasteiger partial charge is 0.360 e. The van der Waals surface area contributed by atoms with Gasteiger partial charge in [-0.15, -0.1) is 0 Å². The van der Waals surface area contributed by atoms with E-state index in [2.05, 4.69) is 10.5 Å². The quantitative estimate of drug-likeness (QED) is 0.538. The van der Waals surface area contributed by atoms with E-state index in [9.17, 15) is 18.0 Å². The van der Waals surface area contributed by atoms with Gasteiger partial charge in [0, 0.05) is 31.7 Å². The maximum atomic E-state index is 13.2. The van der Waals surface area contributed by atoms with Crippen LogP contribution in [-0.2, 0) is 14.8 Å². The van der Waals surface area contributed by atoms with Crippen LogP contribution in [-0.4, -0.2) is 60.8 Å². The van der Waals surface area contributed by atoms with E-state index in [0.717, 1.165) is 5.56 Å². The van der Waals surface area contributed by atoms with Gasteiger partial charge < -0.3 is 14.7 Å². The highest BCUT2D eigenvalue weighted by Crippen LogP contribution is 2.25. The average Bonchev–Trinajstić information content (AvgIpc) is 3.23. The van der Waals surface area contributed by atoms with Gasteiger partial charge in [0.2, 0.25) is 15.9 Å². The number of carbonyl (C=O) groups excluding carboxylic acids is 2. The monoisotopic (exact) mass is 496 g/mol. The van der Waals surface area contributed by atoms with Gasteiger partial charge in [0.1, 0.15) is 10.6 Å². The summed E-state index contributed by atoms with van der Waals surface area (Å²) in [6.07, 6.45) is 0.0687. The van der Waals surface area contributed by atoms with Crippen molar-refractivity contribution < 1.29 is 22.5 Å². The van der Waals surface area contributed by atoms with Crippen LogP contribution in [0.2, 0.25) is 0 Å². The van der Waals surface area contributed by atoms with Crippen molar-refractivity contribution in [3.63, 3.8) is 0 Å². The summed E-state index contributed by atoms with van der Waals surface area (Å²) in [6, 6.07) is 17.7. The van der Waals surface area contributed by atoms with Crippen molar-refractivity contribution in [1.82, 2.24) is 19.7 Å². The van der Waals surface area contributed by atoms with Gasteiger partial charge in [0.15, 0.2) is 5.76 Å². The molecule has 2 aromatic carbocycles. The number of benzene rings is 2. The summed E-state index contributed by atoms with van der Waals surface area (Å²) >= 11 is 0. The number of amides is 2. The van der Waals surface area contributed by atoms with Gasteiger partial charge in [-0.25, -0.2) is 8.42 Å². The predicted molar refractivity (Wildman–Crippen MR) is 129 cm³/mol. The van der Waals surface area contributed by atoms with E-state index in [0.29, 0.717) is 11.3 Å². The normalized spacial score (nSPS) is 15.5. The first-order valence-electron chi connectivity index (χ1n) is 11.4. The Balaban J connectivity index is 1.43. The molecule has 10 heteroatoms. The van der Waals surface area contributed by atoms with Gasteiger partial charge in [0.25, 0.3) is 5.91 Å². The molecule has 1 saturated heterocycles. The fourth-order valence-corrected chi connectivity index (χ4v) is 5.94. The highest BCUT2D eigenvalue weighted by molar-refractivity contribution is 7.89. The lowest BCUT2D eigenvalue weighted by Gasteiger charge is -2.34. The second-order valence-electron chi connectivity index (χ2n) is 8.45. The van der Waals surface area contributed by atoms with E-state index in [-0.39, 0.29) is 55.1 Å². The molecular weight excluding hydrogens is 468 g/mol. The van der Waals surface area contributed by atoms with Crippen molar-refractivity contribution in [2.24, 2.45) is 0 Å². The van der Waals surface area contributed by atoms with E-state index in [1.165, 1.54) is 4.31 Å². The molecule has 0 bridgehead atoms. The van der Waals surface area contributed by atoms with Crippen molar-refractivity contribution in [1.29, 1.82) is 0 Å². The van der Waals surface area contributed by atoms with E-state index in [4.69, 9.17) is 4.52 Å². The smallest absolute Gasteiger partial charge is 0.251 e. The number of aromatic nitrogens is 1. The zero-order chi connectivity index (χ0) is 25.0. The van der Waals surface area contributed by atoms with Crippen molar-refractivity contribution in [2.45, 2.75) is 31.2 Å². The van der Waals surface area contributed by atoms with Crippen molar-refractivity contribution in [3.8, 4) is 0 Å². The molecule has 2 amide bonds. The second kappa shape index (κ2) is 10.4. The number of rotatable bonds is 7. The third kappa shape index (κ3) is 5.44. The summed E-state index contributed by atoms with van der Waals surface area (Å²) in [5, 5.41) is 6.72. The molecule has 184 valence electrons. The summed E-state index contributed by atoms with van der Waals surface area (Å²) in [5.41, 5.74) is 1.66. The topological polar surface area (TPSA) is 113 Å². The van der Waals surface area contributed by atoms with Gasteiger partial charge in [-0.3, -0.25) is 9.59 Å². The molecular formula is C25H28N4O5S. The molecule has 0 aliphatic carbocycles. The molecule has 1 aromatic heterocycles. The Kier molecular flexibility index (Phi) is 7.32. The number of hydrogen-bond donors (Lipinski definition) is 1. The summed E-state index contributed by atoms with van der Waals surface area (Å²) in [5.74, 6) is -0.162. The molecule has 2 heterocycles. The zero-order valence-electron chi connectivity index (χ0n) is 19.7. The molecule has 1 aliphatic heterocycles. The lowest BCUT2D eigenvalue weighted by molar-refractivity contribution is -0.132. The molecule has 1 fully saturated rings. The minimum Gasteiger partial charge on any atom is -0.360 e. The number of aryl methyl sites for hydroxylation is 2. The SMILES string of the molecule is Cc1noc(C)c1S(=O)(=O)N1CCN(C(=O)CC(NC(=O)c2ccccc2)c2ccccc2)CC1. The number of piperazine rings is 1. The summed E-state index contributed by atoms with van der Waals surface area (Å²) in [4.78, 5) is 27.7. The summed E-state index contributed by atoms with van der Waals surface area (Å²) < 4.78 is 32.5. The maximum Gasteiger partial charge on any atom is 0.251 e. The highest BCUT2D eigenvalue weighted by Gasteiger charge is 2.34. The fraction of sp³-hybridized carbons (Fsp3) is 0.320. The lowest BCUT2D eigenvalue weighted by atomic mass is 10.0. The molecule has 3 aromatic rings. The number of hydrogen-bond acceptors (Lipinski definition) is 6. The fourth-order valence-electron chi connectivity index (χ4n) is 4.22. The Morgan fingerprint density at radius 3 is 2.14 bits per heavy atom. The van der Waals surface area contributed by atoms with Crippen LogP contribution in [0.25, 0.3) is 0 Å². The molecule has 0 radical (unpaired) electrons. The highest BCUT2D eigenvalue weighted by atomic mass is 32.2. The van der Waals surface area contributed by atoms with Crippen molar-refractivity contribution in [2.75, 3.05) is 26.2 Å². The van der Waals surface area contributed by atoms with Crippen molar-refractivity contribution in [3.05, 3.63) is 83.2 Å². The first-order chi connectivity index (χ1) is 16.8. The molecule has 4 rings (SSSR count). The molecule has 1 unspecified atom stereocenters. The number of sulfonamides is 1. The molecule has 0 saturated carbocycles. The van der Waals surface area contributed by atoms with Gasteiger partial charge in [-0.2, -0.15) is 4.31 Å². The van der Waals surface area contributed by atoms with Crippen LogP contribution in [0.15, 0.2) is 70.1 Å². The van der Waals surface area contributed by atoms with Crippen LogP contribution in [0.4, 0.5) is 0 Å². The lowest BCUT2D eigenvalue weighted by Crippen LogP contribution is -2.51. The first kappa shape index (κ1) is 24.6. The molecule has 1 aliphatic rings. The summed E-state index contributed by atoms with van der Waals surface area (Å²) in [6.45, 7) is 4.02. The molecule has 0 spiro atoms. The minimum atomic E-state index is -3.76. The van der Waals surface area contributed by atoms with Crippen LogP contribution >= 0.6 is 0 Å². The van der Waals surface area contributed by atoms with Gasteiger partial charge in [-0.05, 0) is 31.5 Å².